The first-order valence-electron chi connectivity index (χ1n) is 5.15. The van der Waals surface area contributed by atoms with Gasteiger partial charge in [-0.15, -0.1) is 5.10 Å². The third kappa shape index (κ3) is 4.02. The van der Waals surface area contributed by atoms with Crippen molar-refractivity contribution < 1.29 is 14.6 Å². The number of rotatable bonds is 5. The molecule has 6 heteroatoms. The van der Waals surface area contributed by atoms with Crippen molar-refractivity contribution >= 4 is 12.2 Å². The lowest BCUT2D eigenvalue weighted by Crippen LogP contribution is -2.63. The maximum atomic E-state index is 5.40. The highest BCUT2D eigenvalue weighted by molar-refractivity contribution is 5.78. The zero-order valence-corrected chi connectivity index (χ0v) is 9.93. The van der Waals surface area contributed by atoms with E-state index in [2.05, 4.69) is 10.2 Å². The van der Waals surface area contributed by atoms with Gasteiger partial charge in [0.15, 0.2) is 11.5 Å². The van der Waals surface area contributed by atoms with E-state index in [1.54, 1.807) is 13.3 Å². The van der Waals surface area contributed by atoms with Crippen LogP contribution in [0.25, 0.3) is 0 Å². The standard InChI is InChI=1S/C11H16N4O2/c1-3-17-9-5-4-8(6-10(9)16-2)7-14-15-11(12)13/h4-7H,3H2,1-2H3,(H4,12,13,15)/p+1/b14-7+. The summed E-state index contributed by atoms with van der Waals surface area (Å²) in [6, 6.07) is 5.51. The van der Waals surface area contributed by atoms with Crippen LogP contribution in [-0.4, -0.2) is 25.9 Å². The molecule has 0 saturated heterocycles. The molecule has 1 aromatic rings. The minimum atomic E-state index is -0.0286. The second kappa shape index (κ2) is 6.37. The summed E-state index contributed by atoms with van der Waals surface area (Å²) in [4.78, 5) is 0. The Balaban J connectivity index is 2.89. The summed E-state index contributed by atoms with van der Waals surface area (Å²) in [6.45, 7) is 2.51. The number of nitrogens with two attached hydrogens (primary N) is 2. The number of nitrogens with zero attached hydrogens (tertiary/aromatic N) is 1. The topological polar surface area (TPSA) is 96.8 Å². The van der Waals surface area contributed by atoms with Crippen LogP contribution >= 0.6 is 0 Å². The summed E-state index contributed by atoms with van der Waals surface area (Å²) in [5.41, 5.74) is 11.2. The highest BCUT2D eigenvalue weighted by Crippen LogP contribution is 2.27. The van der Waals surface area contributed by atoms with Crippen LogP contribution in [-0.2, 0) is 0 Å². The summed E-state index contributed by atoms with van der Waals surface area (Å²) in [6.07, 6.45) is 1.65. The van der Waals surface area contributed by atoms with Gasteiger partial charge in [-0.05, 0) is 25.1 Å². The fraction of sp³-hybridized carbons (Fsp3) is 0.273. The van der Waals surface area contributed by atoms with Crippen LogP contribution in [0.5, 0.6) is 11.5 Å². The number of guanidine groups is 1. The number of ether oxygens (including phenoxy) is 2. The Morgan fingerprint density at radius 1 is 1.41 bits per heavy atom. The van der Waals surface area contributed by atoms with Gasteiger partial charge in [-0.2, -0.15) is 0 Å². The molecule has 0 bridgehead atoms. The SMILES string of the molecule is CCOc1ccc(/C=[NH+]/N=C(N)N)cc1OC. The first kappa shape index (κ1) is 12.8. The van der Waals surface area contributed by atoms with E-state index in [1.165, 1.54) is 0 Å². The highest BCUT2D eigenvalue weighted by Gasteiger charge is 2.05. The Hall–Kier alpha value is -2.24. The summed E-state index contributed by atoms with van der Waals surface area (Å²) < 4.78 is 10.6. The first-order chi connectivity index (χ1) is 8.17. The molecule has 0 spiro atoms. The number of methoxy groups -OCH3 is 1. The van der Waals surface area contributed by atoms with Crippen LogP contribution in [0, 0.1) is 0 Å². The minimum absolute atomic E-state index is 0.0286. The van der Waals surface area contributed by atoms with Gasteiger partial charge in [0, 0.05) is 10.7 Å². The lowest BCUT2D eigenvalue weighted by atomic mass is 10.2. The zero-order chi connectivity index (χ0) is 12.7. The molecule has 5 N–H and O–H groups in total. The number of hydrogen-bond donors (Lipinski definition) is 3. The van der Waals surface area contributed by atoms with Gasteiger partial charge >= 0.3 is 0 Å². The molecule has 0 heterocycles. The van der Waals surface area contributed by atoms with Gasteiger partial charge < -0.3 is 20.9 Å². The van der Waals surface area contributed by atoms with Gasteiger partial charge in [0.2, 0.25) is 6.21 Å². The average molecular weight is 237 g/mol. The van der Waals surface area contributed by atoms with Crippen molar-refractivity contribution in [3.63, 3.8) is 0 Å². The fourth-order valence-electron chi connectivity index (χ4n) is 1.23. The van der Waals surface area contributed by atoms with Gasteiger partial charge in [-0.25, -0.2) is 0 Å². The minimum Gasteiger partial charge on any atom is -0.493 e. The summed E-state index contributed by atoms with van der Waals surface area (Å²) in [5, 5.41) is 6.25. The number of hydrogen-bond acceptors (Lipinski definition) is 3. The van der Waals surface area contributed by atoms with Crippen molar-refractivity contribution in [1.82, 2.24) is 0 Å². The molecular formula is C11H17N4O2+. The molecule has 0 unspecified atom stereocenters. The molecule has 0 fully saturated rings. The molecule has 0 radical (unpaired) electrons. The molecular weight excluding hydrogens is 220 g/mol. The Morgan fingerprint density at radius 3 is 2.76 bits per heavy atom. The average Bonchev–Trinajstić information content (AvgIpc) is 2.30. The third-order valence-electron chi connectivity index (χ3n) is 1.91. The molecule has 6 nitrogen and oxygen atoms in total. The Kier molecular flexibility index (Phi) is 4.80. The van der Waals surface area contributed by atoms with E-state index < -0.39 is 0 Å². The van der Waals surface area contributed by atoms with Gasteiger partial charge in [0.1, 0.15) is 0 Å². The Bertz CT molecular complexity index is 425. The van der Waals surface area contributed by atoms with Gasteiger partial charge in [-0.1, -0.05) is 0 Å². The molecule has 0 aliphatic carbocycles. The molecule has 0 amide bonds. The summed E-state index contributed by atoms with van der Waals surface area (Å²) in [5.74, 6) is 1.33. The van der Waals surface area contributed by atoms with Gasteiger partial charge in [0.25, 0.3) is 5.96 Å². The smallest absolute Gasteiger partial charge is 0.256 e. The second-order valence-corrected chi connectivity index (χ2v) is 3.15. The van der Waals surface area contributed by atoms with Crippen LogP contribution < -0.4 is 26.0 Å². The predicted molar refractivity (Wildman–Crippen MR) is 66.1 cm³/mol. The van der Waals surface area contributed by atoms with Crippen molar-refractivity contribution in [3.8, 4) is 11.5 Å². The molecule has 92 valence electrons. The normalized spacial score (nSPS) is 10.2. The molecule has 1 aromatic carbocycles. The first-order valence-corrected chi connectivity index (χ1v) is 5.15. The van der Waals surface area contributed by atoms with Gasteiger partial charge in [0.05, 0.1) is 13.7 Å². The van der Waals surface area contributed by atoms with E-state index in [-0.39, 0.29) is 5.96 Å². The zero-order valence-electron chi connectivity index (χ0n) is 9.93. The van der Waals surface area contributed by atoms with Crippen molar-refractivity contribution in [3.05, 3.63) is 23.8 Å². The van der Waals surface area contributed by atoms with Crippen LogP contribution in [0.3, 0.4) is 0 Å². The van der Waals surface area contributed by atoms with E-state index in [9.17, 15) is 0 Å². The van der Waals surface area contributed by atoms with Gasteiger partial charge in [-0.3, -0.25) is 0 Å². The van der Waals surface area contributed by atoms with Crippen LogP contribution in [0.2, 0.25) is 0 Å². The molecule has 1 rings (SSSR count). The molecule has 0 aliphatic heterocycles. The largest absolute Gasteiger partial charge is 0.493 e. The van der Waals surface area contributed by atoms with Crippen LogP contribution in [0.15, 0.2) is 23.3 Å². The van der Waals surface area contributed by atoms with E-state index in [4.69, 9.17) is 20.9 Å². The quantitative estimate of drug-likeness (QED) is 0.340. The monoisotopic (exact) mass is 237 g/mol. The molecule has 17 heavy (non-hydrogen) atoms. The van der Waals surface area contributed by atoms with Crippen LogP contribution in [0.4, 0.5) is 0 Å². The third-order valence-corrected chi connectivity index (χ3v) is 1.91. The summed E-state index contributed by atoms with van der Waals surface area (Å²) >= 11 is 0. The number of nitrogens with one attached hydrogen (secondary N) is 1. The molecule has 0 aliphatic rings. The van der Waals surface area contributed by atoms with E-state index in [0.29, 0.717) is 18.1 Å². The maximum Gasteiger partial charge on any atom is 0.256 e. The molecule has 0 atom stereocenters. The number of hydrazone groups is 1. The Morgan fingerprint density at radius 2 is 2.18 bits per heavy atom. The van der Waals surface area contributed by atoms with Crippen molar-refractivity contribution in [1.29, 1.82) is 0 Å². The highest BCUT2D eigenvalue weighted by atomic mass is 16.5. The van der Waals surface area contributed by atoms with E-state index >= 15 is 0 Å². The van der Waals surface area contributed by atoms with Crippen molar-refractivity contribution in [2.75, 3.05) is 13.7 Å². The molecule has 0 aromatic heterocycles. The fourth-order valence-corrected chi connectivity index (χ4v) is 1.23. The Labute approximate surface area is 99.9 Å². The second-order valence-electron chi connectivity index (χ2n) is 3.15. The van der Waals surface area contributed by atoms with Crippen molar-refractivity contribution in [2.45, 2.75) is 6.92 Å². The van der Waals surface area contributed by atoms with Crippen molar-refractivity contribution in [2.24, 2.45) is 16.6 Å². The predicted octanol–water partition coefficient (Wildman–Crippen LogP) is -1.22. The maximum absolute atomic E-state index is 5.40. The van der Waals surface area contributed by atoms with Crippen LogP contribution in [0.1, 0.15) is 12.5 Å². The number of benzene rings is 1. The summed E-state index contributed by atoms with van der Waals surface area (Å²) in [7, 11) is 1.59. The lowest BCUT2D eigenvalue weighted by Gasteiger charge is -2.08. The lowest BCUT2D eigenvalue weighted by molar-refractivity contribution is -0.456. The van der Waals surface area contributed by atoms with E-state index in [0.717, 1.165) is 5.56 Å². The molecule has 0 saturated carbocycles. The van der Waals surface area contributed by atoms with E-state index in [1.807, 2.05) is 25.1 Å².